The van der Waals surface area contributed by atoms with Crippen molar-refractivity contribution in [3.05, 3.63) is 12.3 Å². The SMILES string of the molecule is CCCCCCCCCCCCCCC=CN(C)C(C)(C(=O)O)C(C)(C)S. The predicted octanol–water partition coefficient (Wildman–Crippen LogP) is 7.07. The Balaban J connectivity index is 3.79. The molecule has 0 saturated carbocycles. The number of hydrogen-bond donors (Lipinski definition) is 2. The molecule has 1 atom stereocenters. The van der Waals surface area contributed by atoms with Gasteiger partial charge in [-0.3, -0.25) is 0 Å². The summed E-state index contributed by atoms with van der Waals surface area (Å²) in [5, 5.41) is 9.63. The number of nitrogens with zero attached hydrogens (tertiary/aromatic N) is 1. The molecule has 0 aliphatic rings. The van der Waals surface area contributed by atoms with Gasteiger partial charge in [0.1, 0.15) is 5.54 Å². The Labute approximate surface area is 174 Å². The first-order valence-electron chi connectivity index (χ1n) is 11.0. The topological polar surface area (TPSA) is 40.5 Å². The monoisotopic (exact) mass is 399 g/mol. The highest BCUT2D eigenvalue weighted by atomic mass is 32.1. The fourth-order valence-corrected chi connectivity index (χ4v) is 3.58. The van der Waals surface area contributed by atoms with Crippen LogP contribution in [-0.4, -0.2) is 33.3 Å². The van der Waals surface area contributed by atoms with Gasteiger partial charge in [-0.2, -0.15) is 12.6 Å². The summed E-state index contributed by atoms with van der Waals surface area (Å²) in [5.41, 5.74) is -1.04. The average molecular weight is 400 g/mol. The summed E-state index contributed by atoms with van der Waals surface area (Å²) < 4.78 is -0.645. The van der Waals surface area contributed by atoms with Crippen molar-refractivity contribution in [1.82, 2.24) is 4.90 Å². The first kappa shape index (κ1) is 26.4. The molecule has 0 aliphatic heterocycles. The van der Waals surface area contributed by atoms with Crippen molar-refractivity contribution in [1.29, 1.82) is 0 Å². The Kier molecular flexibility index (Phi) is 14.0. The summed E-state index contributed by atoms with van der Waals surface area (Å²) in [4.78, 5) is 13.5. The molecule has 1 unspecified atom stereocenters. The minimum Gasteiger partial charge on any atom is -0.479 e. The van der Waals surface area contributed by atoms with Crippen LogP contribution in [0.2, 0.25) is 0 Å². The Bertz CT molecular complexity index is 417. The molecule has 0 radical (unpaired) electrons. The summed E-state index contributed by atoms with van der Waals surface area (Å²) in [6.07, 6.45) is 21.3. The normalized spacial score (nSPS) is 14.4. The molecule has 0 aromatic carbocycles. The van der Waals surface area contributed by atoms with Crippen molar-refractivity contribution in [2.45, 2.75) is 121 Å². The zero-order chi connectivity index (χ0) is 20.8. The minimum atomic E-state index is -1.04. The van der Waals surface area contributed by atoms with Gasteiger partial charge in [0, 0.05) is 11.8 Å². The van der Waals surface area contributed by atoms with Crippen molar-refractivity contribution in [3.8, 4) is 0 Å². The molecule has 3 nitrogen and oxygen atoms in total. The van der Waals surface area contributed by atoms with Crippen LogP contribution in [0.5, 0.6) is 0 Å². The second-order valence-electron chi connectivity index (χ2n) is 8.61. The van der Waals surface area contributed by atoms with Crippen LogP contribution >= 0.6 is 12.6 Å². The molecular formula is C23H45NO2S. The van der Waals surface area contributed by atoms with E-state index in [1.54, 1.807) is 11.8 Å². The molecule has 1 N–H and O–H groups in total. The molecule has 0 aromatic heterocycles. The molecule has 4 heteroatoms. The van der Waals surface area contributed by atoms with Gasteiger partial charge in [0.25, 0.3) is 0 Å². The molecule has 0 bridgehead atoms. The van der Waals surface area contributed by atoms with Crippen molar-refractivity contribution >= 4 is 18.6 Å². The Hall–Kier alpha value is -0.640. The highest BCUT2D eigenvalue weighted by molar-refractivity contribution is 7.81. The molecule has 0 aliphatic carbocycles. The highest BCUT2D eigenvalue weighted by Gasteiger charge is 2.48. The maximum absolute atomic E-state index is 11.7. The summed E-state index contributed by atoms with van der Waals surface area (Å²) in [7, 11) is 1.82. The van der Waals surface area contributed by atoms with E-state index in [1.807, 2.05) is 27.1 Å². The van der Waals surface area contributed by atoms with Gasteiger partial charge in [-0.25, -0.2) is 4.79 Å². The van der Waals surface area contributed by atoms with E-state index in [0.717, 1.165) is 6.42 Å². The fourth-order valence-electron chi connectivity index (χ4n) is 3.33. The van der Waals surface area contributed by atoms with Crippen molar-refractivity contribution in [3.63, 3.8) is 0 Å². The van der Waals surface area contributed by atoms with Crippen LogP contribution in [-0.2, 0) is 4.79 Å². The average Bonchev–Trinajstić information content (AvgIpc) is 2.59. The standard InChI is InChI=1S/C23H45NO2S/c1-6-7-8-9-10-11-12-13-14-15-16-17-18-19-20-24(5)23(4,21(25)26)22(2,3)27/h19-20,27H,6-18H2,1-5H3,(H,25,26). The van der Waals surface area contributed by atoms with Gasteiger partial charge in [-0.15, -0.1) is 0 Å². The van der Waals surface area contributed by atoms with Crippen LogP contribution in [0, 0.1) is 0 Å². The van der Waals surface area contributed by atoms with Crippen LogP contribution in [0.3, 0.4) is 0 Å². The van der Waals surface area contributed by atoms with Crippen molar-refractivity contribution in [2.24, 2.45) is 0 Å². The third-order valence-corrected chi connectivity index (χ3v) is 6.30. The van der Waals surface area contributed by atoms with Crippen LogP contribution in [0.25, 0.3) is 0 Å². The smallest absolute Gasteiger partial charge is 0.330 e. The van der Waals surface area contributed by atoms with E-state index in [1.165, 1.54) is 77.0 Å². The largest absolute Gasteiger partial charge is 0.479 e. The van der Waals surface area contributed by atoms with E-state index in [0.29, 0.717) is 0 Å². The fraction of sp³-hybridized carbons (Fsp3) is 0.870. The molecule has 0 amide bonds. The summed E-state index contributed by atoms with van der Waals surface area (Å²) in [5.74, 6) is -0.847. The molecule has 0 rings (SSSR count). The van der Waals surface area contributed by atoms with E-state index in [-0.39, 0.29) is 0 Å². The Morgan fingerprint density at radius 2 is 1.30 bits per heavy atom. The first-order chi connectivity index (χ1) is 12.7. The number of carbonyl (C=O) groups is 1. The maximum atomic E-state index is 11.7. The zero-order valence-corrected chi connectivity index (χ0v) is 19.5. The lowest BCUT2D eigenvalue weighted by Crippen LogP contribution is -2.59. The van der Waals surface area contributed by atoms with Gasteiger partial charge in [-0.05, 0) is 39.8 Å². The quantitative estimate of drug-likeness (QED) is 0.203. The Morgan fingerprint density at radius 3 is 1.67 bits per heavy atom. The molecule has 0 spiro atoms. The number of likely N-dealkylation sites (N-methyl/N-ethyl adjacent to an activating group) is 1. The second-order valence-corrected chi connectivity index (χ2v) is 9.73. The van der Waals surface area contributed by atoms with Crippen LogP contribution in [0.4, 0.5) is 0 Å². The summed E-state index contributed by atoms with van der Waals surface area (Å²) in [6.45, 7) is 7.69. The number of thiol groups is 1. The molecule has 0 heterocycles. The minimum absolute atomic E-state index is 0.645. The Morgan fingerprint density at radius 1 is 0.889 bits per heavy atom. The van der Waals surface area contributed by atoms with E-state index in [2.05, 4.69) is 25.6 Å². The lowest BCUT2D eigenvalue weighted by Gasteiger charge is -2.43. The highest BCUT2D eigenvalue weighted by Crippen LogP contribution is 2.33. The predicted molar refractivity (Wildman–Crippen MR) is 122 cm³/mol. The number of unbranched alkanes of at least 4 members (excludes halogenated alkanes) is 12. The van der Waals surface area contributed by atoms with Crippen LogP contribution in [0.1, 0.15) is 111 Å². The molecular weight excluding hydrogens is 354 g/mol. The van der Waals surface area contributed by atoms with Gasteiger partial charge >= 0.3 is 5.97 Å². The molecule has 0 fully saturated rings. The molecule has 0 aromatic rings. The van der Waals surface area contributed by atoms with Crippen molar-refractivity contribution < 1.29 is 9.90 Å². The van der Waals surface area contributed by atoms with Gasteiger partial charge in [-0.1, -0.05) is 83.6 Å². The van der Waals surface area contributed by atoms with Crippen molar-refractivity contribution in [2.75, 3.05) is 7.05 Å². The number of allylic oxidation sites excluding steroid dienone is 1. The van der Waals surface area contributed by atoms with Gasteiger partial charge in [0.2, 0.25) is 0 Å². The number of aliphatic carboxylic acids is 1. The summed E-state index contributed by atoms with van der Waals surface area (Å²) in [6, 6.07) is 0. The van der Waals surface area contributed by atoms with Crippen LogP contribution < -0.4 is 0 Å². The first-order valence-corrected chi connectivity index (χ1v) is 11.5. The van der Waals surface area contributed by atoms with E-state index in [4.69, 9.17) is 0 Å². The van der Waals surface area contributed by atoms with E-state index in [9.17, 15) is 9.90 Å². The summed E-state index contributed by atoms with van der Waals surface area (Å²) >= 11 is 4.50. The molecule has 0 saturated heterocycles. The molecule has 27 heavy (non-hydrogen) atoms. The molecule has 160 valence electrons. The third kappa shape index (κ3) is 10.5. The zero-order valence-electron chi connectivity index (χ0n) is 18.6. The maximum Gasteiger partial charge on any atom is 0.330 e. The third-order valence-electron chi connectivity index (χ3n) is 5.87. The van der Waals surface area contributed by atoms with Gasteiger partial charge < -0.3 is 10.0 Å². The second kappa shape index (κ2) is 14.4. The number of hydrogen-bond acceptors (Lipinski definition) is 3. The number of carboxylic acids is 1. The van der Waals surface area contributed by atoms with Gasteiger partial charge in [0.15, 0.2) is 0 Å². The number of rotatable bonds is 17. The van der Waals surface area contributed by atoms with E-state index < -0.39 is 16.3 Å². The van der Waals surface area contributed by atoms with E-state index >= 15 is 0 Å². The number of carboxylic acid groups (broad SMARTS) is 1. The van der Waals surface area contributed by atoms with Crippen LogP contribution in [0.15, 0.2) is 12.3 Å². The van der Waals surface area contributed by atoms with Gasteiger partial charge in [0.05, 0.1) is 0 Å². The lowest BCUT2D eigenvalue weighted by atomic mass is 9.86. The lowest BCUT2D eigenvalue weighted by molar-refractivity contribution is -0.149.